The number of nitrogens with zero attached hydrogens (tertiary/aromatic N) is 2. The summed E-state index contributed by atoms with van der Waals surface area (Å²) in [6.07, 6.45) is 2.92. The van der Waals surface area contributed by atoms with Gasteiger partial charge in [-0.2, -0.15) is 0 Å². The molecule has 0 N–H and O–H groups in total. The largest absolute Gasteiger partial charge is 0.457 e. The Balaban J connectivity index is 1.95. The van der Waals surface area contributed by atoms with Crippen molar-refractivity contribution < 1.29 is 9.53 Å². The summed E-state index contributed by atoms with van der Waals surface area (Å²) in [6.45, 7) is 3.90. The van der Waals surface area contributed by atoms with Gasteiger partial charge >= 0.3 is 5.97 Å². The average Bonchev–Trinajstić information content (AvgIpc) is 2.46. The molecule has 0 aliphatic carbocycles. The number of ether oxygens (including phenoxy) is 1. The molecule has 0 fully saturated rings. The molecule has 1 heterocycles. The first-order chi connectivity index (χ1) is 8.77. The van der Waals surface area contributed by atoms with Crippen molar-refractivity contribution in [2.45, 2.75) is 6.61 Å². The second-order valence-electron chi connectivity index (χ2n) is 3.63. The zero-order valence-corrected chi connectivity index (χ0v) is 9.74. The van der Waals surface area contributed by atoms with E-state index in [2.05, 4.69) is 16.5 Å². The Morgan fingerprint density at radius 2 is 2.00 bits per heavy atom. The highest BCUT2D eigenvalue weighted by Gasteiger charge is 2.11. The molecule has 1 aromatic heterocycles. The van der Waals surface area contributed by atoms with E-state index in [1.54, 1.807) is 12.3 Å². The van der Waals surface area contributed by atoms with Crippen LogP contribution in [0.1, 0.15) is 11.3 Å². The van der Waals surface area contributed by atoms with Crippen molar-refractivity contribution in [3.05, 3.63) is 66.8 Å². The molecule has 0 saturated heterocycles. The molecule has 18 heavy (non-hydrogen) atoms. The molecule has 2 rings (SSSR count). The lowest BCUT2D eigenvalue weighted by atomic mass is 10.2. The first kappa shape index (κ1) is 12.0. The monoisotopic (exact) mass is 240 g/mol. The highest BCUT2D eigenvalue weighted by atomic mass is 16.5. The van der Waals surface area contributed by atoms with Crippen LogP contribution in [0.2, 0.25) is 0 Å². The smallest absolute Gasteiger partial charge is 0.340 e. The second kappa shape index (κ2) is 5.72. The first-order valence-electron chi connectivity index (χ1n) is 5.43. The highest BCUT2D eigenvalue weighted by molar-refractivity contribution is 6.14. The minimum atomic E-state index is -0.474. The van der Waals surface area contributed by atoms with Gasteiger partial charge in [-0.3, -0.25) is 0 Å². The fraction of sp³-hybridized carbons (Fsp3) is 0.0714. The van der Waals surface area contributed by atoms with Gasteiger partial charge in [-0.1, -0.05) is 36.9 Å². The molecule has 0 amide bonds. The number of hydrogen-bond donors (Lipinski definition) is 0. The summed E-state index contributed by atoms with van der Waals surface area (Å²) in [5.74, 6) is -0.474. The van der Waals surface area contributed by atoms with Gasteiger partial charge in [-0.05, 0) is 11.6 Å². The van der Waals surface area contributed by atoms with Crippen LogP contribution >= 0.6 is 0 Å². The number of carbonyl (C=O) groups excluding carboxylic acids is 1. The molecular weight excluding hydrogens is 228 g/mol. The maximum absolute atomic E-state index is 11.7. The summed E-state index contributed by atoms with van der Waals surface area (Å²) in [5.41, 5.74) is 1.64. The minimum Gasteiger partial charge on any atom is -0.457 e. The summed E-state index contributed by atoms with van der Waals surface area (Å²) >= 11 is 0. The fourth-order valence-corrected chi connectivity index (χ4v) is 1.38. The normalized spacial score (nSPS) is 9.78. The van der Waals surface area contributed by atoms with E-state index in [-0.39, 0.29) is 12.2 Å². The van der Waals surface area contributed by atoms with Gasteiger partial charge in [-0.15, -0.1) is 0 Å². The molecular formula is C14H12N2O2. The van der Waals surface area contributed by atoms with Gasteiger partial charge in [0.25, 0.3) is 0 Å². The second-order valence-corrected chi connectivity index (χ2v) is 3.63. The van der Waals surface area contributed by atoms with E-state index in [1.165, 1.54) is 6.33 Å². The molecule has 0 saturated carbocycles. The number of rotatable bonds is 4. The van der Waals surface area contributed by atoms with Crippen LogP contribution in [0.15, 0.2) is 55.5 Å². The van der Waals surface area contributed by atoms with Gasteiger partial charge in [0.1, 0.15) is 12.9 Å². The Morgan fingerprint density at radius 1 is 1.22 bits per heavy atom. The van der Waals surface area contributed by atoms with Crippen molar-refractivity contribution in [1.29, 1.82) is 0 Å². The molecule has 0 bridgehead atoms. The lowest BCUT2D eigenvalue weighted by Crippen LogP contribution is -2.07. The number of benzene rings is 1. The van der Waals surface area contributed by atoms with Crippen LogP contribution in [0.25, 0.3) is 5.57 Å². The molecule has 1 aromatic carbocycles. The van der Waals surface area contributed by atoms with Crippen LogP contribution in [0.5, 0.6) is 0 Å². The van der Waals surface area contributed by atoms with Gasteiger partial charge in [0.2, 0.25) is 0 Å². The van der Waals surface area contributed by atoms with E-state index < -0.39 is 5.97 Å². The molecule has 0 unspecified atom stereocenters. The Kier molecular flexibility index (Phi) is 3.81. The Bertz CT molecular complexity index is 538. The standard InChI is InChI=1S/C14H12N2O2/c1-11(13-7-8-15-10-16-13)14(17)18-9-12-5-3-2-4-6-12/h2-8,10H,1,9H2. The molecule has 0 atom stereocenters. The van der Waals surface area contributed by atoms with Gasteiger partial charge in [-0.25, -0.2) is 14.8 Å². The quantitative estimate of drug-likeness (QED) is 0.607. The van der Waals surface area contributed by atoms with E-state index in [0.717, 1.165) is 5.56 Å². The van der Waals surface area contributed by atoms with Crippen molar-refractivity contribution in [2.24, 2.45) is 0 Å². The molecule has 0 radical (unpaired) electrons. The van der Waals surface area contributed by atoms with Crippen molar-refractivity contribution in [1.82, 2.24) is 9.97 Å². The molecule has 90 valence electrons. The van der Waals surface area contributed by atoms with E-state index >= 15 is 0 Å². The minimum absolute atomic E-state index is 0.226. The lowest BCUT2D eigenvalue weighted by Gasteiger charge is -2.06. The first-order valence-corrected chi connectivity index (χ1v) is 5.43. The average molecular weight is 240 g/mol. The molecule has 4 nitrogen and oxygen atoms in total. The summed E-state index contributed by atoms with van der Waals surface area (Å²) in [7, 11) is 0. The van der Waals surface area contributed by atoms with Crippen molar-refractivity contribution in [2.75, 3.05) is 0 Å². The van der Waals surface area contributed by atoms with E-state index in [4.69, 9.17) is 4.74 Å². The van der Waals surface area contributed by atoms with Gasteiger partial charge in [0, 0.05) is 6.20 Å². The fourth-order valence-electron chi connectivity index (χ4n) is 1.38. The molecule has 0 aliphatic rings. The lowest BCUT2D eigenvalue weighted by molar-refractivity contribution is -0.137. The molecule has 4 heteroatoms. The maximum Gasteiger partial charge on any atom is 0.340 e. The third-order valence-electron chi connectivity index (χ3n) is 2.35. The Hall–Kier alpha value is -2.49. The number of esters is 1. The van der Waals surface area contributed by atoms with E-state index in [0.29, 0.717) is 5.69 Å². The van der Waals surface area contributed by atoms with Crippen LogP contribution < -0.4 is 0 Å². The van der Waals surface area contributed by atoms with Crippen LogP contribution in [0.4, 0.5) is 0 Å². The zero-order valence-electron chi connectivity index (χ0n) is 9.74. The van der Waals surface area contributed by atoms with Crippen LogP contribution in [-0.2, 0) is 16.1 Å². The van der Waals surface area contributed by atoms with E-state index in [9.17, 15) is 4.79 Å². The number of hydrogen-bond acceptors (Lipinski definition) is 4. The van der Waals surface area contributed by atoms with Crippen LogP contribution in [0, 0.1) is 0 Å². The summed E-state index contributed by atoms with van der Waals surface area (Å²) < 4.78 is 5.15. The molecule has 0 aliphatic heterocycles. The van der Waals surface area contributed by atoms with Gasteiger partial charge in [0.15, 0.2) is 0 Å². The third-order valence-corrected chi connectivity index (χ3v) is 2.35. The van der Waals surface area contributed by atoms with Crippen LogP contribution in [-0.4, -0.2) is 15.9 Å². The summed E-state index contributed by atoms with van der Waals surface area (Å²) in [6, 6.07) is 11.1. The molecule has 2 aromatic rings. The highest BCUT2D eigenvalue weighted by Crippen LogP contribution is 2.11. The van der Waals surface area contributed by atoms with Crippen LogP contribution in [0.3, 0.4) is 0 Å². The predicted molar refractivity (Wildman–Crippen MR) is 67.3 cm³/mol. The van der Waals surface area contributed by atoms with E-state index in [1.807, 2.05) is 30.3 Å². The topological polar surface area (TPSA) is 52.1 Å². The van der Waals surface area contributed by atoms with Crippen molar-refractivity contribution in [3.8, 4) is 0 Å². The van der Waals surface area contributed by atoms with Crippen molar-refractivity contribution in [3.63, 3.8) is 0 Å². The van der Waals surface area contributed by atoms with Gasteiger partial charge in [0.05, 0.1) is 11.3 Å². The van der Waals surface area contributed by atoms with Crippen molar-refractivity contribution >= 4 is 11.5 Å². The number of carbonyl (C=O) groups is 1. The third kappa shape index (κ3) is 3.01. The predicted octanol–water partition coefficient (Wildman–Crippen LogP) is 2.23. The maximum atomic E-state index is 11.7. The SMILES string of the molecule is C=C(C(=O)OCc1ccccc1)c1ccncn1. The zero-order chi connectivity index (χ0) is 12.8. The summed E-state index contributed by atoms with van der Waals surface area (Å²) in [5, 5.41) is 0. The van der Waals surface area contributed by atoms with Gasteiger partial charge < -0.3 is 4.74 Å². The Labute approximate surface area is 105 Å². The summed E-state index contributed by atoms with van der Waals surface area (Å²) in [4.78, 5) is 19.5. The Morgan fingerprint density at radius 3 is 2.67 bits per heavy atom. The number of aromatic nitrogens is 2. The molecule has 0 spiro atoms.